The summed E-state index contributed by atoms with van der Waals surface area (Å²) in [6.45, 7) is 1.83. The molecule has 0 atom stereocenters. The van der Waals surface area contributed by atoms with E-state index >= 15 is 0 Å². The van der Waals surface area contributed by atoms with Crippen molar-refractivity contribution in [3.63, 3.8) is 0 Å². The lowest BCUT2D eigenvalue weighted by Gasteiger charge is -2.11. The number of carboxylic acids is 1. The van der Waals surface area contributed by atoms with E-state index in [0.29, 0.717) is 11.3 Å². The molecule has 0 aliphatic carbocycles. The van der Waals surface area contributed by atoms with Gasteiger partial charge in [0.1, 0.15) is 11.6 Å². The van der Waals surface area contributed by atoms with Crippen LogP contribution in [0.15, 0.2) is 36.4 Å². The number of hydrogen-bond acceptors (Lipinski definition) is 2. The van der Waals surface area contributed by atoms with Gasteiger partial charge in [0.25, 0.3) is 0 Å². The highest BCUT2D eigenvalue weighted by atomic mass is 35.5. The van der Waals surface area contributed by atoms with Crippen molar-refractivity contribution in [2.45, 2.75) is 6.92 Å². The fourth-order valence-corrected chi connectivity index (χ4v) is 2.30. The number of carbonyl (C=O) groups is 1. The summed E-state index contributed by atoms with van der Waals surface area (Å²) < 4.78 is 19.1. The molecular weight excluding hydrogens is 307 g/mol. The van der Waals surface area contributed by atoms with Crippen molar-refractivity contribution >= 4 is 29.2 Å². The predicted molar refractivity (Wildman–Crippen MR) is 84.6 cm³/mol. The quantitative estimate of drug-likeness (QED) is 0.670. The van der Waals surface area contributed by atoms with Crippen LogP contribution >= 0.6 is 11.6 Å². The van der Waals surface area contributed by atoms with Crippen LogP contribution in [0.3, 0.4) is 0 Å². The Morgan fingerprint density at radius 1 is 1.32 bits per heavy atom. The zero-order valence-corrected chi connectivity index (χ0v) is 12.8. The van der Waals surface area contributed by atoms with Crippen molar-refractivity contribution < 1.29 is 19.0 Å². The average Bonchev–Trinajstić information content (AvgIpc) is 2.46. The number of methoxy groups -OCH3 is 1. The SMILES string of the molecule is COc1ccc(C)cc1/C(=C/c1c(F)cccc1Cl)C(=O)O. The van der Waals surface area contributed by atoms with E-state index in [1.165, 1.54) is 31.4 Å². The highest BCUT2D eigenvalue weighted by molar-refractivity contribution is 6.33. The third-order valence-corrected chi connectivity index (χ3v) is 3.49. The smallest absolute Gasteiger partial charge is 0.336 e. The highest BCUT2D eigenvalue weighted by Gasteiger charge is 2.17. The molecule has 0 radical (unpaired) electrons. The van der Waals surface area contributed by atoms with Gasteiger partial charge in [-0.3, -0.25) is 0 Å². The summed E-state index contributed by atoms with van der Waals surface area (Å²) >= 11 is 5.96. The maximum atomic E-state index is 13.9. The lowest BCUT2D eigenvalue weighted by molar-refractivity contribution is -0.130. The van der Waals surface area contributed by atoms with Gasteiger partial charge in [-0.15, -0.1) is 0 Å². The van der Waals surface area contributed by atoms with Gasteiger partial charge in [-0.2, -0.15) is 0 Å². The van der Waals surface area contributed by atoms with Gasteiger partial charge in [-0.1, -0.05) is 29.3 Å². The maximum Gasteiger partial charge on any atom is 0.336 e. The van der Waals surface area contributed by atoms with Crippen LogP contribution in [-0.4, -0.2) is 18.2 Å². The fraction of sp³-hybridized carbons (Fsp3) is 0.118. The molecule has 2 aromatic carbocycles. The zero-order chi connectivity index (χ0) is 16.3. The molecule has 1 N–H and O–H groups in total. The molecule has 0 amide bonds. The summed E-state index contributed by atoms with van der Waals surface area (Å²) in [5, 5.41) is 9.64. The normalized spacial score (nSPS) is 11.4. The van der Waals surface area contributed by atoms with Crippen molar-refractivity contribution in [1.82, 2.24) is 0 Å². The van der Waals surface area contributed by atoms with Crippen LogP contribution in [-0.2, 0) is 4.79 Å². The van der Waals surface area contributed by atoms with Crippen molar-refractivity contribution in [2.24, 2.45) is 0 Å². The van der Waals surface area contributed by atoms with E-state index in [4.69, 9.17) is 16.3 Å². The fourth-order valence-electron chi connectivity index (χ4n) is 2.08. The van der Waals surface area contributed by atoms with E-state index in [-0.39, 0.29) is 16.2 Å². The molecule has 0 aliphatic rings. The molecule has 0 aliphatic heterocycles. The molecule has 0 heterocycles. The third kappa shape index (κ3) is 3.28. The Morgan fingerprint density at radius 3 is 2.64 bits per heavy atom. The van der Waals surface area contributed by atoms with E-state index < -0.39 is 11.8 Å². The van der Waals surface area contributed by atoms with Crippen LogP contribution in [0.5, 0.6) is 5.75 Å². The Morgan fingerprint density at radius 2 is 2.05 bits per heavy atom. The van der Waals surface area contributed by atoms with Gasteiger partial charge in [0.15, 0.2) is 0 Å². The van der Waals surface area contributed by atoms with Gasteiger partial charge in [-0.05, 0) is 37.3 Å². The van der Waals surface area contributed by atoms with Crippen LogP contribution < -0.4 is 4.74 Å². The van der Waals surface area contributed by atoms with Gasteiger partial charge in [0.2, 0.25) is 0 Å². The molecular formula is C17H14ClFO3. The van der Waals surface area contributed by atoms with E-state index in [9.17, 15) is 14.3 Å². The molecule has 0 saturated heterocycles. The highest BCUT2D eigenvalue weighted by Crippen LogP contribution is 2.31. The number of ether oxygens (including phenoxy) is 1. The molecule has 0 saturated carbocycles. The Bertz CT molecular complexity index is 733. The standard InChI is InChI=1S/C17H14ClFO3/c1-10-6-7-16(22-2)11(8-10)12(17(20)21)9-13-14(18)4-3-5-15(13)19/h3-9H,1-2H3,(H,20,21)/b12-9-. The number of aryl methyl sites for hydroxylation is 1. The number of benzene rings is 2. The second-order valence-corrected chi connectivity index (χ2v) is 5.11. The van der Waals surface area contributed by atoms with E-state index in [0.717, 1.165) is 5.56 Å². The Labute approximate surface area is 132 Å². The largest absolute Gasteiger partial charge is 0.496 e. The number of aliphatic carboxylic acids is 1. The monoisotopic (exact) mass is 320 g/mol. The van der Waals surface area contributed by atoms with Gasteiger partial charge >= 0.3 is 5.97 Å². The summed E-state index contributed by atoms with van der Waals surface area (Å²) in [7, 11) is 1.45. The minimum absolute atomic E-state index is 0.0325. The first kappa shape index (κ1) is 16.0. The first-order valence-electron chi connectivity index (χ1n) is 6.48. The van der Waals surface area contributed by atoms with Crippen molar-refractivity contribution in [2.75, 3.05) is 7.11 Å². The molecule has 114 valence electrons. The molecule has 2 aromatic rings. The Kier molecular flexibility index (Phi) is 4.83. The van der Waals surface area contributed by atoms with E-state index in [2.05, 4.69) is 0 Å². The zero-order valence-electron chi connectivity index (χ0n) is 12.1. The minimum Gasteiger partial charge on any atom is -0.496 e. The van der Waals surface area contributed by atoms with Crippen molar-refractivity contribution in [1.29, 1.82) is 0 Å². The predicted octanol–water partition coefficient (Wildman–Crippen LogP) is 4.42. The first-order chi connectivity index (χ1) is 10.4. The van der Waals surface area contributed by atoms with Crippen LogP contribution in [0.4, 0.5) is 4.39 Å². The van der Waals surface area contributed by atoms with E-state index in [1.54, 1.807) is 18.2 Å². The van der Waals surface area contributed by atoms with Gasteiger partial charge < -0.3 is 9.84 Å². The number of rotatable bonds is 4. The van der Waals surface area contributed by atoms with Crippen LogP contribution in [0.2, 0.25) is 5.02 Å². The van der Waals surface area contributed by atoms with Crippen LogP contribution in [0, 0.1) is 12.7 Å². The Balaban J connectivity index is 2.69. The summed E-state index contributed by atoms with van der Waals surface area (Å²) in [6, 6.07) is 9.34. The topological polar surface area (TPSA) is 46.5 Å². The molecule has 5 heteroatoms. The Hall–Kier alpha value is -2.33. The molecule has 0 unspecified atom stereocenters. The number of hydrogen-bond donors (Lipinski definition) is 1. The molecule has 22 heavy (non-hydrogen) atoms. The average molecular weight is 321 g/mol. The molecule has 3 nitrogen and oxygen atoms in total. The molecule has 2 rings (SSSR count). The van der Waals surface area contributed by atoms with Crippen molar-refractivity contribution in [3.8, 4) is 5.75 Å². The lowest BCUT2D eigenvalue weighted by Crippen LogP contribution is -2.03. The molecule has 0 aromatic heterocycles. The van der Waals surface area contributed by atoms with Gasteiger partial charge in [0, 0.05) is 11.1 Å². The molecule has 0 spiro atoms. The number of carboxylic acid groups (broad SMARTS) is 1. The molecule has 0 fully saturated rings. The second kappa shape index (κ2) is 6.62. The van der Waals surface area contributed by atoms with Crippen LogP contribution in [0.25, 0.3) is 11.6 Å². The minimum atomic E-state index is -1.19. The van der Waals surface area contributed by atoms with Crippen molar-refractivity contribution in [3.05, 3.63) is 63.9 Å². The second-order valence-electron chi connectivity index (χ2n) is 4.70. The summed E-state index contributed by atoms with van der Waals surface area (Å²) in [5.41, 5.74) is 1.18. The van der Waals surface area contributed by atoms with E-state index in [1.807, 2.05) is 6.92 Å². The summed E-state index contributed by atoms with van der Waals surface area (Å²) in [6.07, 6.45) is 1.22. The lowest BCUT2D eigenvalue weighted by atomic mass is 9.99. The molecule has 0 bridgehead atoms. The van der Waals surface area contributed by atoms with Gasteiger partial charge in [-0.25, -0.2) is 9.18 Å². The maximum absolute atomic E-state index is 13.9. The summed E-state index contributed by atoms with van der Waals surface area (Å²) in [5.74, 6) is -1.38. The third-order valence-electron chi connectivity index (χ3n) is 3.16. The first-order valence-corrected chi connectivity index (χ1v) is 6.86. The van der Waals surface area contributed by atoms with Crippen LogP contribution in [0.1, 0.15) is 16.7 Å². The van der Waals surface area contributed by atoms with Gasteiger partial charge in [0.05, 0.1) is 17.7 Å². The number of halogens is 2. The summed E-state index contributed by atoms with van der Waals surface area (Å²) in [4.78, 5) is 11.6.